The molecule has 4 rings (SSSR count). The molecule has 0 radical (unpaired) electrons. The van der Waals surface area contributed by atoms with Gasteiger partial charge in [-0.05, 0) is 79.7 Å². The number of carbonyl (C=O) groups excluding carboxylic acids is 3. The molecule has 0 aliphatic heterocycles. The molecule has 40 heavy (non-hydrogen) atoms. The highest BCUT2D eigenvalue weighted by Gasteiger charge is 2.16. The topological polar surface area (TPSA) is 72.8 Å². The summed E-state index contributed by atoms with van der Waals surface area (Å²) in [5.41, 5.74) is 2.02. The van der Waals surface area contributed by atoms with Crippen LogP contribution in [-0.2, 0) is 9.63 Å². The van der Waals surface area contributed by atoms with Crippen LogP contribution in [0.15, 0.2) is 123 Å². The van der Waals surface area contributed by atoms with Crippen LogP contribution in [0.5, 0.6) is 0 Å². The van der Waals surface area contributed by atoms with Gasteiger partial charge in [-0.15, -0.1) is 11.8 Å². The molecule has 0 heterocycles. The second kappa shape index (κ2) is 14.7. The number of thioether (sulfide) groups is 1. The van der Waals surface area contributed by atoms with Gasteiger partial charge in [0, 0.05) is 48.6 Å². The number of oxime groups is 1. The van der Waals surface area contributed by atoms with E-state index < -0.39 is 0 Å². The lowest BCUT2D eigenvalue weighted by Crippen LogP contribution is -2.17. The van der Waals surface area contributed by atoms with Gasteiger partial charge in [0.05, 0.1) is 0 Å². The van der Waals surface area contributed by atoms with Gasteiger partial charge in [0.15, 0.2) is 18.2 Å². The van der Waals surface area contributed by atoms with Crippen molar-refractivity contribution in [3.05, 3.63) is 125 Å². The molecule has 4 aromatic carbocycles. The number of ketones is 3. The molecule has 0 atom stereocenters. The molecule has 0 saturated carbocycles. The Balaban J connectivity index is 1.39. The van der Waals surface area contributed by atoms with Crippen LogP contribution in [0.25, 0.3) is 0 Å². The lowest BCUT2D eigenvalue weighted by Gasteiger charge is -2.08. The number of nitrogens with zero attached hydrogens (tertiary/aromatic N) is 1. The number of benzene rings is 4. The maximum absolute atomic E-state index is 13.2. The van der Waals surface area contributed by atoms with Crippen molar-refractivity contribution in [2.75, 3.05) is 12.4 Å². The Hall–Kier alpha value is -3.65. The van der Waals surface area contributed by atoms with Crippen molar-refractivity contribution in [3.63, 3.8) is 0 Å². The van der Waals surface area contributed by atoms with Crippen LogP contribution < -0.4 is 0 Å². The van der Waals surface area contributed by atoms with E-state index in [-0.39, 0.29) is 29.7 Å². The molecule has 0 N–H and O–H groups in total. The zero-order valence-corrected chi connectivity index (χ0v) is 24.1. The van der Waals surface area contributed by atoms with E-state index in [2.05, 4.69) is 5.16 Å². The lowest BCUT2D eigenvalue weighted by molar-refractivity contribution is -0.121. The van der Waals surface area contributed by atoms with Gasteiger partial charge in [-0.1, -0.05) is 58.9 Å². The summed E-state index contributed by atoms with van der Waals surface area (Å²) >= 11 is 9.06. The van der Waals surface area contributed by atoms with E-state index in [0.717, 1.165) is 14.7 Å². The molecule has 202 valence electrons. The number of carbonyl (C=O) groups is 3. The fraction of sp³-hybridized carbons (Fsp3) is 0.125. The molecular formula is C32H26ClNO4S2. The summed E-state index contributed by atoms with van der Waals surface area (Å²) in [4.78, 5) is 45.2. The molecule has 0 aliphatic carbocycles. The van der Waals surface area contributed by atoms with Gasteiger partial charge in [-0.3, -0.25) is 14.4 Å². The van der Waals surface area contributed by atoms with E-state index in [1.54, 1.807) is 36.0 Å². The fourth-order valence-electron chi connectivity index (χ4n) is 3.61. The highest BCUT2D eigenvalue weighted by Crippen LogP contribution is 2.29. The van der Waals surface area contributed by atoms with Crippen LogP contribution in [0.1, 0.15) is 39.6 Å². The van der Waals surface area contributed by atoms with Crippen molar-refractivity contribution in [1.82, 2.24) is 0 Å². The first-order valence-corrected chi connectivity index (χ1v) is 14.7. The highest BCUT2D eigenvalue weighted by molar-refractivity contribution is 7.99. The Morgan fingerprint density at radius 2 is 1.27 bits per heavy atom. The average Bonchev–Trinajstić information content (AvgIpc) is 2.98. The Labute approximate surface area is 247 Å². The van der Waals surface area contributed by atoms with Crippen LogP contribution in [0.2, 0.25) is 5.02 Å². The normalized spacial score (nSPS) is 11.2. The number of rotatable bonds is 13. The van der Waals surface area contributed by atoms with Crippen molar-refractivity contribution >= 4 is 58.2 Å². The van der Waals surface area contributed by atoms with E-state index in [9.17, 15) is 14.4 Å². The number of Topliss-reactive ketones (excluding diaryl/α,β-unsaturated/α-hetero) is 2. The Morgan fingerprint density at radius 1 is 0.725 bits per heavy atom. The predicted molar refractivity (Wildman–Crippen MR) is 162 cm³/mol. The second-order valence-corrected chi connectivity index (χ2v) is 11.5. The summed E-state index contributed by atoms with van der Waals surface area (Å²) in [6.45, 7) is 1.21. The van der Waals surface area contributed by atoms with Gasteiger partial charge >= 0.3 is 0 Å². The van der Waals surface area contributed by atoms with Crippen molar-refractivity contribution in [2.45, 2.75) is 28.0 Å². The fourth-order valence-corrected chi connectivity index (χ4v) is 5.41. The van der Waals surface area contributed by atoms with Crippen molar-refractivity contribution < 1.29 is 19.2 Å². The molecule has 0 spiro atoms. The minimum absolute atomic E-state index is 0.0173. The maximum Gasteiger partial charge on any atom is 0.210 e. The maximum atomic E-state index is 13.2. The van der Waals surface area contributed by atoms with E-state index in [1.807, 2.05) is 78.9 Å². The summed E-state index contributed by atoms with van der Waals surface area (Å²) in [6, 6.07) is 31.4. The zero-order chi connectivity index (χ0) is 28.3. The van der Waals surface area contributed by atoms with E-state index in [4.69, 9.17) is 16.4 Å². The SMILES string of the molecule is CC(=O)CON=C(CCSc1ccc(Cl)cc1)C(=O)c1ccc(Sc2ccc(C(=O)c3ccccc3)cc2)cc1. The molecule has 0 saturated heterocycles. The molecular weight excluding hydrogens is 562 g/mol. The van der Waals surface area contributed by atoms with Crippen LogP contribution in [0, 0.1) is 0 Å². The minimum atomic E-state index is -0.249. The third kappa shape index (κ3) is 8.68. The second-order valence-electron chi connectivity index (χ2n) is 8.74. The summed E-state index contributed by atoms with van der Waals surface area (Å²) in [7, 11) is 0. The van der Waals surface area contributed by atoms with Gasteiger partial charge in [0.25, 0.3) is 0 Å². The van der Waals surface area contributed by atoms with Crippen molar-refractivity contribution in [3.8, 4) is 0 Å². The van der Waals surface area contributed by atoms with E-state index >= 15 is 0 Å². The van der Waals surface area contributed by atoms with Gasteiger partial charge in [-0.2, -0.15) is 0 Å². The third-order valence-electron chi connectivity index (χ3n) is 5.63. The first-order valence-electron chi connectivity index (χ1n) is 12.5. The van der Waals surface area contributed by atoms with Crippen molar-refractivity contribution in [1.29, 1.82) is 0 Å². The molecule has 5 nitrogen and oxygen atoms in total. The van der Waals surface area contributed by atoms with Crippen LogP contribution in [0.3, 0.4) is 0 Å². The predicted octanol–water partition coefficient (Wildman–Crippen LogP) is 8.05. The average molecular weight is 588 g/mol. The number of halogens is 1. The Kier molecular flexibility index (Phi) is 10.7. The largest absolute Gasteiger partial charge is 0.387 e. The molecule has 0 aliphatic rings. The van der Waals surface area contributed by atoms with E-state index in [1.165, 1.54) is 18.7 Å². The monoisotopic (exact) mass is 587 g/mol. The number of hydrogen-bond acceptors (Lipinski definition) is 7. The Morgan fingerprint density at radius 3 is 1.88 bits per heavy atom. The minimum Gasteiger partial charge on any atom is -0.387 e. The third-order valence-corrected chi connectivity index (χ3v) is 7.91. The Bertz CT molecular complexity index is 1490. The lowest BCUT2D eigenvalue weighted by atomic mass is 10.0. The molecule has 0 aromatic heterocycles. The summed E-state index contributed by atoms with van der Waals surface area (Å²) < 4.78 is 0. The zero-order valence-electron chi connectivity index (χ0n) is 21.7. The highest BCUT2D eigenvalue weighted by atomic mass is 35.5. The summed E-state index contributed by atoms with van der Waals surface area (Å²) in [5.74, 6) is 0.161. The number of hydrogen-bond donors (Lipinski definition) is 0. The molecule has 0 bridgehead atoms. The van der Waals surface area contributed by atoms with E-state index in [0.29, 0.717) is 33.9 Å². The van der Waals surface area contributed by atoms with Crippen molar-refractivity contribution in [2.24, 2.45) is 5.16 Å². The van der Waals surface area contributed by atoms with Crippen LogP contribution >= 0.6 is 35.1 Å². The first-order chi connectivity index (χ1) is 19.4. The molecule has 0 unspecified atom stereocenters. The summed E-state index contributed by atoms with van der Waals surface area (Å²) in [5, 5.41) is 4.66. The molecule has 8 heteroatoms. The van der Waals surface area contributed by atoms with Gasteiger partial charge in [0.2, 0.25) is 5.78 Å². The van der Waals surface area contributed by atoms with Gasteiger partial charge in [-0.25, -0.2) is 0 Å². The quantitative estimate of drug-likeness (QED) is 0.0682. The molecule has 0 fully saturated rings. The van der Waals surface area contributed by atoms with Crippen LogP contribution in [-0.4, -0.2) is 35.4 Å². The smallest absolute Gasteiger partial charge is 0.210 e. The van der Waals surface area contributed by atoms with Gasteiger partial charge in [0.1, 0.15) is 5.71 Å². The molecule has 0 amide bonds. The van der Waals surface area contributed by atoms with Gasteiger partial charge < -0.3 is 4.84 Å². The standard InChI is InChI=1S/C32H26ClNO4S2/c1-22(35)21-38-34-30(19-20-39-27-17-11-26(33)12-18-27)32(37)25-9-15-29(16-10-25)40-28-13-7-24(8-14-28)31(36)23-5-3-2-4-6-23/h2-18H,19-21H2,1H3. The molecule has 4 aromatic rings. The summed E-state index contributed by atoms with van der Waals surface area (Å²) in [6.07, 6.45) is 0.370. The van der Waals surface area contributed by atoms with Crippen LogP contribution in [0.4, 0.5) is 0 Å². The first kappa shape index (κ1) is 29.3.